The highest BCUT2D eigenvalue weighted by Crippen LogP contribution is 2.22. The maximum absolute atomic E-state index is 5.98. The molecule has 0 bridgehead atoms. The highest BCUT2D eigenvalue weighted by Gasteiger charge is 2.22. The fraction of sp³-hybridized carbons (Fsp3) is 0.786. The van der Waals surface area contributed by atoms with E-state index in [2.05, 4.69) is 23.1 Å². The number of nitrogens with two attached hydrogens (primary N) is 1. The van der Waals surface area contributed by atoms with Crippen LogP contribution in [-0.2, 0) is 13.5 Å². The van der Waals surface area contributed by atoms with Crippen LogP contribution in [0.2, 0.25) is 0 Å². The van der Waals surface area contributed by atoms with Gasteiger partial charge in [0.05, 0.1) is 6.20 Å². The van der Waals surface area contributed by atoms with Crippen molar-refractivity contribution in [3.63, 3.8) is 0 Å². The van der Waals surface area contributed by atoms with Gasteiger partial charge in [0.15, 0.2) is 0 Å². The minimum Gasteiger partial charge on any atom is -0.328 e. The number of hydrogen-bond acceptors (Lipinski definition) is 3. The fourth-order valence-electron chi connectivity index (χ4n) is 2.94. The van der Waals surface area contributed by atoms with Gasteiger partial charge in [0.25, 0.3) is 0 Å². The Bertz CT molecular complexity index is 352. The smallest absolute Gasteiger partial charge is 0.0522 e. The molecule has 1 aliphatic carbocycles. The van der Waals surface area contributed by atoms with Crippen molar-refractivity contribution >= 4 is 0 Å². The fourth-order valence-corrected chi connectivity index (χ4v) is 2.94. The quantitative estimate of drug-likeness (QED) is 0.862. The Morgan fingerprint density at radius 1 is 1.39 bits per heavy atom. The summed E-state index contributed by atoms with van der Waals surface area (Å²) in [6.45, 7) is 4.54. The van der Waals surface area contributed by atoms with Crippen LogP contribution in [0.4, 0.5) is 0 Å². The van der Waals surface area contributed by atoms with Gasteiger partial charge in [-0.05, 0) is 44.2 Å². The van der Waals surface area contributed by atoms with Gasteiger partial charge in [0.2, 0.25) is 0 Å². The summed E-state index contributed by atoms with van der Waals surface area (Å²) < 4.78 is 1.88. The number of aromatic nitrogens is 2. The SMILES string of the molecule is CCN(CCc1cnn(C)c1)C1CCC(N)CC1. The number of rotatable bonds is 5. The van der Waals surface area contributed by atoms with E-state index in [1.165, 1.54) is 31.2 Å². The minimum atomic E-state index is 0.443. The average molecular weight is 250 g/mol. The van der Waals surface area contributed by atoms with E-state index in [-0.39, 0.29) is 0 Å². The molecule has 0 atom stereocenters. The topological polar surface area (TPSA) is 47.1 Å². The molecular formula is C14H26N4. The highest BCUT2D eigenvalue weighted by molar-refractivity contribution is 5.04. The van der Waals surface area contributed by atoms with Crippen LogP contribution in [0, 0.1) is 0 Å². The second kappa shape index (κ2) is 6.34. The van der Waals surface area contributed by atoms with Crippen LogP contribution in [0.25, 0.3) is 0 Å². The maximum atomic E-state index is 5.98. The predicted octanol–water partition coefficient (Wildman–Crippen LogP) is 1.55. The van der Waals surface area contributed by atoms with Crippen LogP contribution in [0.3, 0.4) is 0 Å². The zero-order valence-corrected chi connectivity index (χ0v) is 11.7. The molecule has 1 aromatic rings. The summed E-state index contributed by atoms with van der Waals surface area (Å²) in [5.41, 5.74) is 7.31. The summed E-state index contributed by atoms with van der Waals surface area (Å²) in [6.07, 6.45) is 10.1. The van der Waals surface area contributed by atoms with Gasteiger partial charge >= 0.3 is 0 Å². The molecule has 0 aliphatic heterocycles. The molecule has 2 N–H and O–H groups in total. The number of nitrogens with zero attached hydrogens (tertiary/aromatic N) is 3. The Hall–Kier alpha value is -0.870. The molecule has 0 aromatic carbocycles. The van der Waals surface area contributed by atoms with Crippen molar-refractivity contribution in [3.05, 3.63) is 18.0 Å². The summed E-state index contributed by atoms with van der Waals surface area (Å²) >= 11 is 0. The van der Waals surface area contributed by atoms with Gasteiger partial charge < -0.3 is 10.6 Å². The number of likely N-dealkylation sites (N-methyl/N-ethyl adjacent to an activating group) is 1. The third kappa shape index (κ3) is 3.56. The lowest BCUT2D eigenvalue weighted by Gasteiger charge is -2.35. The first kappa shape index (κ1) is 13.6. The van der Waals surface area contributed by atoms with Gasteiger partial charge in [-0.25, -0.2) is 0 Å². The molecule has 0 amide bonds. The first-order valence-corrected chi connectivity index (χ1v) is 7.16. The van der Waals surface area contributed by atoms with Gasteiger partial charge in [-0.1, -0.05) is 6.92 Å². The second-order valence-electron chi connectivity index (χ2n) is 5.47. The standard InChI is InChI=1S/C14H26N4/c1-3-18(14-6-4-13(15)5-7-14)9-8-12-10-16-17(2)11-12/h10-11,13-14H,3-9,15H2,1-2H3. The lowest BCUT2D eigenvalue weighted by atomic mass is 9.90. The Morgan fingerprint density at radius 2 is 2.11 bits per heavy atom. The largest absolute Gasteiger partial charge is 0.328 e. The van der Waals surface area contributed by atoms with E-state index in [9.17, 15) is 0 Å². The monoisotopic (exact) mass is 250 g/mol. The number of aryl methyl sites for hydroxylation is 1. The Morgan fingerprint density at radius 3 is 2.67 bits per heavy atom. The number of hydrogen-bond donors (Lipinski definition) is 1. The first-order chi connectivity index (χ1) is 8.69. The third-order valence-corrected chi connectivity index (χ3v) is 4.11. The van der Waals surface area contributed by atoms with E-state index < -0.39 is 0 Å². The Balaban J connectivity index is 1.81. The van der Waals surface area contributed by atoms with E-state index in [1.807, 2.05) is 17.9 Å². The van der Waals surface area contributed by atoms with Crippen molar-refractivity contribution in [3.8, 4) is 0 Å². The first-order valence-electron chi connectivity index (χ1n) is 7.16. The molecule has 4 nitrogen and oxygen atoms in total. The summed E-state index contributed by atoms with van der Waals surface area (Å²) in [6, 6.07) is 1.18. The Kier molecular flexibility index (Phi) is 4.78. The minimum absolute atomic E-state index is 0.443. The molecule has 102 valence electrons. The molecule has 1 aromatic heterocycles. The normalized spacial score (nSPS) is 24.7. The molecule has 0 radical (unpaired) electrons. The van der Waals surface area contributed by atoms with Crippen molar-refractivity contribution in [2.45, 2.75) is 51.1 Å². The van der Waals surface area contributed by atoms with Gasteiger partial charge in [0, 0.05) is 31.9 Å². The van der Waals surface area contributed by atoms with Gasteiger partial charge in [-0.3, -0.25) is 4.68 Å². The maximum Gasteiger partial charge on any atom is 0.0522 e. The van der Waals surface area contributed by atoms with Gasteiger partial charge in [0.1, 0.15) is 0 Å². The Labute approximate surface area is 110 Å². The molecular weight excluding hydrogens is 224 g/mol. The van der Waals surface area contributed by atoms with E-state index >= 15 is 0 Å². The van der Waals surface area contributed by atoms with E-state index in [0.29, 0.717) is 6.04 Å². The van der Waals surface area contributed by atoms with Crippen molar-refractivity contribution in [2.75, 3.05) is 13.1 Å². The molecule has 0 spiro atoms. The van der Waals surface area contributed by atoms with Gasteiger partial charge in [-0.15, -0.1) is 0 Å². The van der Waals surface area contributed by atoms with Crippen molar-refractivity contribution in [2.24, 2.45) is 12.8 Å². The second-order valence-corrected chi connectivity index (χ2v) is 5.47. The molecule has 1 aliphatic rings. The van der Waals surface area contributed by atoms with Crippen LogP contribution in [-0.4, -0.2) is 39.9 Å². The summed E-state index contributed by atoms with van der Waals surface area (Å²) in [5.74, 6) is 0. The van der Waals surface area contributed by atoms with Gasteiger partial charge in [-0.2, -0.15) is 5.10 Å². The molecule has 1 fully saturated rings. The molecule has 0 saturated heterocycles. The molecule has 18 heavy (non-hydrogen) atoms. The van der Waals surface area contributed by atoms with E-state index in [1.54, 1.807) is 0 Å². The summed E-state index contributed by atoms with van der Waals surface area (Å²) in [5, 5.41) is 4.22. The van der Waals surface area contributed by atoms with Crippen LogP contribution in [0.1, 0.15) is 38.2 Å². The molecule has 4 heteroatoms. The van der Waals surface area contributed by atoms with Crippen LogP contribution in [0.15, 0.2) is 12.4 Å². The average Bonchev–Trinajstić information content (AvgIpc) is 2.78. The van der Waals surface area contributed by atoms with E-state index in [0.717, 1.165) is 25.6 Å². The van der Waals surface area contributed by atoms with Crippen molar-refractivity contribution in [1.82, 2.24) is 14.7 Å². The van der Waals surface area contributed by atoms with E-state index in [4.69, 9.17) is 5.73 Å². The molecule has 1 heterocycles. The predicted molar refractivity (Wildman–Crippen MR) is 74.4 cm³/mol. The molecule has 0 unspecified atom stereocenters. The van der Waals surface area contributed by atoms with Crippen molar-refractivity contribution in [1.29, 1.82) is 0 Å². The highest BCUT2D eigenvalue weighted by atomic mass is 15.2. The molecule has 1 saturated carbocycles. The summed E-state index contributed by atoms with van der Waals surface area (Å²) in [7, 11) is 1.98. The van der Waals surface area contributed by atoms with Crippen molar-refractivity contribution < 1.29 is 0 Å². The summed E-state index contributed by atoms with van der Waals surface area (Å²) in [4.78, 5) is 2.61. The lowest BCUT2D eigenvalue weighted by Crippen LogP contribution is -2.41. The van der Waals surface area contributed by atoms with Crippen LogP contribution >= 0.6 is 0 Å². The zero-order chi connectivity index (χ0) is 13.0. The lowest BCUT2D eigenvalue weighted by molar-refractivity contribution is 0.158. The zero-order valence-electron chi connectivity index (χ0n) is 11.7. The third-order valence-electron chi connectivity index (χ3n) is 4.11. The van der Waals surface area contributed by atoms with Crippen LogP contribution < -0.4 is 5.73 Å². The van der Waals surface area contributed by atoms with Crippen LogP contribution in [0.5, 0.6) is 0 Å². The molecule has 2 rings (SSSR count).